The van der Waals surface area contributed by atoms with Gasteiger partial charge in [-0.1, -0.05) is 30.3 Å². The lowest BCUT2D eigenvalue weighted by atomic mass is 9.93. The van der Waals surface area contributed by atoms with E-state index >= 15 is 0 Å². The fourth-order valence-corrected chi connectivity index (χ4v) is 3.28. The number of amides is 1. The van der Waals surface area contributed by atoms with Gasteiger partial charge in [0.2, 0.25) is 0 Å². The van der Waals surface area contributed by atoms with E-state index < -0.39 is 18.2 Å². The number of carbonyl (C=O) groups excluding carboxylic acids is 1. The molecule has 0 spiro atoms. The van der Waals surface area contributed by atoms with E-state index in [0.717, 1.165) is 16.8 Å². The second kappa shape index (κ2) is 9.13. The topological polar surface area (TPSA) is 85.5 Å². The number of nitrogens with one attached hydrogen (secondary N) is 2. The van der Waals surface area contributed by atoms with Crippen molar-refractivity contribution in [2.24, 2.45) is 0 Å². The van der Waals surface area contributed by atoms with Crippen molar-refractivity contribution in [1.29, 1.82) is 0 Å². The van der Waals surface area contributed by atoms with Crippen molar-refractivity contribution in [2.75, 3.05) is 13.2 Å². The second-order valence-electron chi connectivity index (χ2n) is 7.28. The number of carbonyl (C=O) groups is 1. The van der Waals surface area contributed by atoms with E-state index in [1.807, 2.05) is 30.3 Å². The van der Waals surface area contributed by atoms with Crippen molar-refractivity contribution in [3.8, 4) is 17.0 Å². The highest BCUT2D eigenvalue weighted by atomic mass is 19.3. The average molecular weight is 429 g/mol. The van der Waals surface area contributed by atoms with Gasteiger partial charge in [-0.3, -0.25) is 0 Å². The average Bonchev–Trinajstić information content (AvgIpc) is 3.20. The Labute approximate surface area is 177 Å². The molecule has 7 nitrogen and oxygen atoms in total. The van der Waals surface area contributed by atoms with Crippen molar-refractivity contribution in [2.45, 2.75) is 25.2 Å². The molecule has 162 valence electrons. The Morgan fingerprint density at radius 1 is 1.16 bits per heavy atom. The standard InChI is InChI=1S/C22H21F2N3O4/c23-20(24)31-17-8-6-16(7-9-17)18-11-25-19(26-18)10-22(13-29-14-22)27-21(28)30-12-15-4-2-1-3-5-15/h1-9,11,20H,10,12-14H2,(H,25,26)(H,27,28). The van der Waals surface area contributed by atoms with Crippen LogP contribution in [0.4, 0.5) is 13.6 Å². The van der Waals surface area contributed by atoms with E-state index in [1.165, 1.54) is 12.1 Å². The van der Waals surface area contributed by atoms with Crippen LogP contribution in [0.2, 0.25) is 0 Å². The number of halogens is 2. The van der Waals surface area contributed by atoms with Gasteiger partial charge < -0.3 is 24.5 Å². The number of nitrogens with zero attached hydrogens (tertiary/aromatic N) is 1. The minimum Gasteiger partial charge on any atom is -0.445 e. The van der Waals surface area contributed by atoms with Crippen LogP contribution in [-0.2, 0) is 22.5 Å². The molecule has 0 saturated carbocycles. The summed E-state index contributed by atoms with van der Waals surface area (Å²) in [6.07, 6.45) is 1.56. The van der Waals surface area contributed by atoms with E-state index in [1.54, 1.807) is 18.3 Å². The van der Waals surface area contributed by atoms with Crippen LogP contribution in [0.1, 0.15) is 11.4 Å². The van der Waals surface area contributed by atoms with Crippen LogP contribution in [-0.4, -0.2) is 41.4 Å². The molecule has 1 fully saturated rings. The van der Waals surface area contributed by atoms with Crippen LogP contribution in [0.25, 0.3) is 11.3 Å². The predicted molar refractivity (Wildman–Crippen MR) is 108 cm³/mol. The second-order valence-corrected chi connectivity index (χ2v) is 7.28. The maximum atomic E-state index is 12.3. The van der Waals surface area contributed by atoms with Gasteiger partial charge in [0.05, 0.1) is 30.6 Å². The Balaban J connectivity index is 1.35. The van der Waals surface area contributed by atoms with Gasteiger partial charge in [-0.05, 0) is 35.4 Å². The normalized spacial score (nSPS) is 14.7. The molecule has 0 unspecified atom stereocenters. The van der Waals surface area contributed by atoms with E-state index in [9.17, 15) is 13.6 Å². The first-order valence-electron chi connectivity index (χ1n) is 9.67. The van der Waals surface area contributed by atoms with Crippen molar-refractivity contribution >= 4 is 6.09 Å². The summed E-state index contributed by atoms with van der Waals surface area (Å²) in [7, 11) is 0. The third-order valence-corrected chi connectivity index (χ3v) is 4.86. The predicted octanol–water partition coefficient (Wildman–Crippen LogP) is 3.92. The molecule has 1 aromatic heterocycles. The molecule has 9 heteroatoms. The molecule has 0 bridgehead atoms. The van der Waals surface area contributed by atoms with Crippen molar-refractivity contribution < 1.29 is 27.8 Å². The molecule has 0 aliphatic carbocycles. The Bertz CT molecular complexity index is 1010. The maximum absolute atomic E-state index is 12.3. The quantitative estimate of drug-likeness (QED) is 0.567. The first-order valence-corrected chi connectivity index (χ1v) is 9.67. The summed E-state index contributed by atoms with van der Waals surface area (Å²) in [6.45, 7) is -1.98. The van der Waals surface area contributed by atoms with Gasteiger partial charge in [-0.25, -0.2) is 9.78 Å². The van der Waals surface area contributed by atoms with Gasteiger partial charge >= 0.3 is 12.7 Å². The van der Waals surface area contributed by atoms with E-state index in [0.29, 0.717) is 25.5 Å². The number of benzene rings is 2. The van der Waals surface area contributed by atoms with Gasteiger partial charge in [0.15, 0.2) is 0 Å². The number of alkyl halides is 2. The minimum atomic E-state index is -2.86. The Hall–Kier alpha value is -3.46. The summed E-state index contributed by atoms with van der Waals surface area (Å²) >= 11 is 0. The molecule has 1 saturated heterocycles. The summed E-state index contributed by atoms with van der Waals surface area (Å²) in [5, 5.41) is 2.89. The fraction of sp³-hybridized carbons (Fsp3) is 0.273. The summed E-state index contributed by atoms with van der Waals surface area (Å²) < 4.78 is 39.6. The molecule has 2 N–H and O–H groups in total. The number of rotatable bonds is 8. The van der Waals surface area contributed by atoms with Crippen LogP contribution in [0.15, 0.2) is 60.8 Å². The van der Waals surface area contributed by atoms with Crippen LogP contribution >= 0.6 is 0 Å². The molecule has 1 aliphatic heterocycles. The molecule has 0 atom stereocenters. The molecule has 1 aliphatic rings. The minimum absolute atomic E-state index is 0.0854. The number of hydrogen-bond acceptors (Lipinski definition) is 5. The monoisotopic (exact) mass is 429 g/mol. The first kappa shape index (κ1) is 20.8. The maximum Gasteiger partial charge on any atom is 0.408 e. The van der Waals surface area contributed by atoms with Gasteiger partial charge in [0.1, 0.15) is 18.2 Å². The van der Waals surface area contributed by atoms with Gasteiger partial charge in [0, 0.05) is 6.42 Å². The zero-order valence-electron chi connectivity index (χ0n) is 16.5. The fourth-order valence-electron chi connectivity index (χ4n) is 3.28. The molecule has 3 aromatic rings. The van der Waals surface area contributed by atoms with Crippen molar-refractivity contribution in [3.05, 3.63) is 72.2 Å². The van der Waals surface area contributed by atoms with Crippen LogP contribution < -0.4 is 10.1 Å². The van der Waals surface area contributed by atoms with Gasteiger partial charge in [-0.15, -0.1) is 0 Å². The third kappa shape index (κ3) is 5.37. The Morgan fingerprint density at radius 3 is 2.55 bits per heavy atom. The number of ether oxygens (including phenoxy) is 3. The van der Waals surface area contributed by atoms with E-state index in [4.69, 9.17) is 9.47 Å². The number of hydrogen-bond donors (Lipinski definition) is 2. The highest BCUT2D eigenvalue weighted by Crippen LogP contribution is 2.25. The smallest absolute Gasteiger partial charge is 0.408 e. The molecule has 2 heterocycles. The molecule has 0 radical (unpaired) electrons. The van der Waals surface area contributed by atoms with Crippen molar-refractivity contribution in [3.63, 3.8) is 0 Å². The number of H-pyrrole nitrogens is 1. The lowest BCUT2D eigenvalue weighted by molar-refractivity contribution is -0.0725. The van der Waals surface area contributed by atoms with Crippen LogP contribution in [0.3, 0.4) is 0 Å². The highest BCUT2D eigenvalue weighted by Gasteiger charge is 2.41. The SMILES string of the molecule is O=C(NC1(Cc2ncc(-c3ccc(OC(F)F)cc3)[nH]2)COC1)OCc1ccccc1. The Kier molecular flexibility index (Phi) is 6.13. The molecule has 2 aromatic carbocycles. The number of imidazole rings is 1. The number of aromatic amines is 1. The molecule has 1 amide bonds. The third-order valence-electron chi connectivity index (χ3n) is 4.86. The van der Waals surface area contributed by atoms with Gasteiger partial charge in [-0.2, -0.15) is 8.78 Å². The largest absolute Gasteiger partial charge is 0.445 e. The number of alkyl carbamates (subject to hydrolysis) is 1. The van der Waals surface area contributed by atoms with Crippen LogP contribution in [0, 0.1) is 0 Å². The summed E-state index contributed by atoms with van der Waals surface area (Å²) in [6, 6.07) is 15.7. The molecule has 4 rings (SSSR count). The zero-order chi connectivity index (χ0) is 21.7. The summed E-state index contributed by atoms with van der Waals surface area (Å²) in [5.74, 6) is 0.747. The lowest BCUT2D eigenvalue weighted by Crippen LogP contribution is -2.63. The van der Waals surface area contributed by atoms with Crippen molar-refractivity contribution in [1.82, 2.24) is 15.3 Å². The molecular weight excluding hydrogens is 408 g/mol. The summed E-state index contributed by atoms with van der Waals surface area (Å²) in [5.41, 5.74) is 1.80. The van der Waals surface area contributed by atoms with E-state index in [-0.39, 0.29) is 12.4 Å². The zero-order valence-corrected chi connectivity index (χ0v) is 16.5. The lowest BCUT2D eigenvalue weighted by Gasteiger charge is -2.41. The molecular formula is C22H21F2N3O4. The first-order chi connectivity index (χ1) is 15.0. The highest BCUT2D eigenvalue weighted by molar-refractivity contribution is 5.68. The Morgan fingerprint density at radius 2 is 1.90 bits per heavy atom. The van der Waals surface area contributed by atoms with E-state index in [2.05, 4.69) is 20.0 Å². The number of aromatic nitrogens is 2. The molecule has 31 heavy (non-hydrogen) atoms. The van der Waals surface area contributed by atoms with Gasteiger partial charge in [0.25, 0.3) is 0 Å². The van der Waals surface area contributed by atoms with Crippen LogP contribution in [0.5, 0.6) is 5.75 Å². The summed E-state index contributed by atoms with van der Waals surface area (Å²) in [4.78, 5) is 19.8.